The predicted octanol–water partition coefficient (Wildman–Crippen LogP) is 2.95. The van der Waals surface area contributed by atoms with E-state index in [1.807, 2.05) is 6.92 Å². The first-order valence-corrected chi connectivity index (χ1v) is 9.98. The van der Waals surface area contributed by atoms with Crippen LogP contribution in [0.4, 0.5) is 5.69 Å². The lowest BCUT2D eigenvalue weighted by molar-refractivity contribution is -0.141. The standard InChI is InChI=1S/C23H24N2O7/c1-5-32-19-11-14(9-10-18(19)30-3)17(12-20(27)31-4)25-22(28)15-7-6-8-16(24-13(2)26)21(15)23(25)29/h6-11,17H,5,12H2,1-4H3,(H,24,26)/t17-/m0/s1. The normalized spacial score (nSPS) is 13.4. The highest BCUT2D eigenvalue weighted by molar-refractivity contribution is 6.24. The van der Waals surface area contributed by atoms with E-state index in [9.17, 15) is 19.2 Å². The van der Waals surface area contributed by atoms with E-state index in [0.29, 0.717) is 23.7 Å². The van der Waals surface area contributed by atoms with E-state index >= 15 is 0 Å². The molecule has 0 spiro atoms. The third kappa shape index (κ3) is 4.27. The predicted molar refractivity (Wildman–Crippen MR) is 115 cm³/mol. The van der Waals surface area contributed by atoms with Crippen molar-refractivity contribution in [2.24, 2.45) is 0 Å². The molecule has 9 heteroatoms. The molecule has 0 aromatic heterocycles. The van der Waals surface area contributed by atoms with Crippen molar-refractivity contribution in [2.75, 3.05) is 26.1 Å². The molecular formula is C23H24N2O7. The van der Waals surface area contributed by atoms with Crippen LogP contribution in [0.25, 0.3) is 0 Å². The van der Waals surface area contributed by atoms with Crippen molar-refractivity contribution in [1.29, 1.82) is 0 Å². The van der Waals surface area contributed by atoms with Crippen LogP contribution in [0.1, 0.15) is 52.6 Å². The summed E-state index contributed by atoms with van der Waals surface area (Å²) < 4.78 is 15.7. The number of anilines is 1. The van der Waals surface area contributed by atoms with E-state index in [1.54, 1.807) is 30.3 Å². The van der Waals surface area contributed by atoms with Gasteiger partial charge in [0.15, 0.2) is 11.5 Å². The molecule has 1 aliphatic heterocycles. The molecule has 168 valence electrons. The Morgan fingerprint density at radius 1 is 1.06 bits per heavy atom. The second kappa shape index (κ2) is 9.51. The number of fused-ring (bicyclic) bond motifs is 1. The van der Waals surface area contributed by atoms with Gasteiger partial charge < -0.3 is 19.5 Å². The van der Waals surface area contributed by atoms with Crippen LogP contribution < -0.4 is 14.8 Å². The fraction of sp³-hybridized carbons (Fsp3) is 0.304. The summed E-state index contributed by atoms with van der Waals surface area (Å²) in [7, 11) is 2.73. The smallest absolute Gasteiger partial charge is 0.307 e. The average Bonchev–Trinajstić information content (AvgIpc) is 3.02. The van der Waals surface area contributed by atoms with Gasteiger partial charge >= 0.3 is 5.97 Å². The molecule has 0 fully saturated rings. The first-order valence-electron chi connectivity index (χ1n) is 9.98. The van der Waals surface area contributed by atoms with Gasteiger partial charge in [-0.15, -0.1) is 0 Å². The van der Waals surface area contributed by atoms with E-state index in [-0.39, 0.29) is 29.1 Å². The van der Waals surface area contributed by atoms with Crippen LogP contribution in [0.3, 0.4) is 0 Å². The zero-order valence-electron chi connectivity index (χ0n) is 18.3. The minimum absolute atomic E-state index is 0.0844. The topological polar surface area (TPSA) is 111 Å². The summed E-state index contributed by atoms with van der Waals surface area (Å²) in [5, 5.41) is 2.58. The Hall–Kier alpha value is -3.88. The van der Waals surface area contributed by atoms with Crippen LogP contribution in [0.5, 0.6) is 11.5 Å². The van der Waals surface area contributed by atoms with Gasteiger partial charge in [-0.25, -0.2) is 0 Å². The van der Waals surface area contributed by atoms with Crippen molar-refractivity contribution < 1.29 is 33.4 Å². The summed E-state index contributed by atoms with van der Waals surface area (Å²) in [5.74, 6) is -1.26. The van der Waals surface area contributed by atoms with Crippen LogP contribution >= 0.6 is 0 Å². The van der Waals surface area contributed by atoms with Crippen molar-refractivity contribution in [3.05, 3.63) is 53.1 Å². The third-order valence-electron chi connectivity index (χ3n) is 5.03. The molecule has 0 radical (unpaired) electrons. The molecule has 1 atom stereocenters. The summed E-state index contributed by atoms with van der Waals surface area (Å²) in [6.45, 7) is 3.49. The summed E-state index contributed by atoms with van der Waals surface area (Å²) in [4.78, 5) is 51.4. The Bertz CT molecular complexity index is 1080. The number of imide groups is 1. The number of hydrogen-bond acceptors (Lipinski definition) is 7. The Kier molecular flexibility index (Phi) is 6.77. The zero-order chi connectivity index (χ0) is 23.4. The number of nitrogens with one attached hydrogen (secondary N) is 1. The Labute approximate surface area is 185 Å². The maximum atomic E-state index is 13.4. The molecule has 0 aliphatic carbocycles. The molecule has 0 saturated heterocycles. The minimum atomic E-state index is -0.954. The summed E-state index contributed by atoms with van der Waals surface area (Å²) in [6, 6.07) is 8.62. The molecule has 3 rings (SSSR count). The van der Waals surface area contributed by atoms with Crippen LogP contribution in [0.2, 0.25) is 0 Å². The Morgan fingerprint density at radius 2 is 1.81 bits per heavy atom. The number of benzene rings is 2. The van der Waals surface area contributed by atoms with Gasteiger partial charge in [0.1, 0.15) is 0 Å². The van der Waals surface area contributed by atoms with Gasteiger partial charge in [-0.3, -0.25) is 24.1 Å². The van der Waals surface area contributed by atoms with Gasteiger partial charge in [0, 0.05) is 6.92 Å². The zero-order valence-corrected chi connectivity index (χ0v) is 18.3. The Morgan fingerprint density at radius 3 is 2.44 bits per heavy atom. The largest absolute Gasteiger partial charge is 0.493 e. The molecule has 1 aliphatic rings. The number of rotatable bonds is 8. The highest BCUT2D eigenvalue weighted by atomic mass is 16.5. The van der Waals surface area contributed by atoms with E-state index < -0.39 is 23.8 Å². The molecule has 0 unspecified atom stereocenters. The number of ether oxygens (including phenoxy) is 3. The van der Waals surface area contributed by atoms with Crippen molar-refractivity contribution in [3.63, 3.8) is 0 Å². The van der Waals surface area contributed by atoms with Crippen LogP contribution in [0.15, 0.2) is 36.4 Å². The van der Waals surface area contributed by atoms with Crippen molar-refractivity contribution in [1.82, 2.24) is 4.90 Å². The summed E-state index contributed by atoms with van der Waals surface area (Å²) >= 11 is 0. The molecule has 2 aromatic carbocycles. The highest BCUT2D eigenvalue weighted by Crippen LogP contribution is 2.39. The number of methoxy groups -OCH3 is 2. The molecule has 32 heavy (non-hydrogen) atoms. The van der Waals surface area contributed by atoms with Gasteiger partial charge in [-0.1, -0.05) is 12.1 Å². The molecule has 3 amide bonds. The number of carbonyl (C=O) groups is 4. The van der Waals surface area contributed by atoms with Crippen molar-refractivity contribution in [3.8, 4) is 11.5 Å². The number of carbonyl (C=O) groups excluding carboxylic acids is 4. The van der Waals surface area contributed by atoms with Gasteiger partial charge in [0.05, 0.1) is 50.1 Å². The van der Waals surface area contributed by atoms with Gasteiger partial charge in [-0.05, 0) is 36.8 Å². The van der Waals surface area contributed by atoms with E-state index in [4.69, 9.17) is 14.2 Å². The van der Waals surface area contributed by atoms with Crippen LogP contribution in [-0.4, -0.2) is 49.4 Å². The summed E-state index contributed by atoms with van der Waals surface area (Å²) in [6.07, 6.45) is -0.255. The molecule has 0 saturated carbocycles. The molecule has 1 N–H and O–H groups in total. The fourth-order valence-corrected chi connectivity index (χ4v) is 3.65. The van der Waals surface area contributed by atoms with Crippen molar-refractivity contribution >= 4 is 29.4 Å². The minimum Gasteiger partial charge on any atom is -0.493 e. The quantitative estimate of drug-likeness (QED) is 0.496. The monoisotopic (exact) mass is 440 g/mol. The molecule has 1 heterocycles. The lowest BCUT2D eigenvalue weighted by Crippen LogP contribution is -2.35. The van der Waals surface area contributed by atoms with Crippen LogP contribution in [-0.2, 0) is 14.3 Å². The maximum absolute atomic E-state index is 13.4. The van der Waals surface area contributed by atoms with E-state index in [0.717, 1.165) is 4.90 Å². The molecule has 0 bridgehead atoms. The highest BCUT2D eigenvalue weighted by Gasteiger charge is 2.43. The number of esters is 1. The van der Waals surface area contributed by atoms with Crippen molar-refractivity contribution in [2.45, 2.75) is 26.3 Å². The summed E-state index contributed by atoms with van der Waals surface area (Å²) in [5.41, 5.74) is 0.961. The first kappa shape index (κ1) is 22.8. The van der Waals surface area contributed by atoms with Crippen LogP contribution in [0, 0.1) is 0 Å². The molecule has 9 nitrogen and oxygen atoms in total. The maximum Gasteiger partial charge on any atom is 0.307 e. The number of hydrogen-bond donors (Lipinski definition) is 1. The second-order valence-corrected chi connectivity index (χ2v) is 7.03. The van der Waals surface area contributed by atoms with Gasteiger partial charge in [0.2, 0.25) is 5.91 Å². The number of nitrogens with zero attached hydrogens (tertiary/aromatic N) is 1. The second-order valence-electron chi connectivity index (χ2n) is 7.03. The Balaban J connectivity index is 2.10. The molecule has 2 aromatic rings. The third-order valence-corrected chi connectivity index (χ3v) is 5.03. The first-order chi connectivity index (χ1) is 15.3. The fourth-order valence-electron chi connectivity index (χ4n) is 3.65. The van der Waals surface area contributed by atoms with E-state index in [1.165, 1.54) is 27.2 Å². The van der Waals surface area contributed by atoms with Gasteiger partial charge in [-0.2, -0.15) is 0 Å². The SMILES string of the molecule is CCOc1cc([C@H](CC(=O)OC)N2C(=O)c3cccc(NC(C)=O)c3C2=O)ccc1OC. The van der Waals surface area contributed by atoms with E-state index in [2.05, 4.69) is 5.32 Å². The van der Waals surface area contributed by atoms with Gasteiger partial charge in [0.25, 0.3) is 11.8 Å². The molecular weight excluding hydrogens is 416 g/mol. The average molecular weight is 440 g/mol. The number of amides is 3. The lowest BCUT2D eigenvalue weighted by atomic mass is 10.0. The lowest BCUT2D eigenvalue weighted by Gasteiger charge is -2.26.